The molecule has 3 heterocycles. The highest BCUT2D eigenvalue weighted by Crippen LogP contribution is 2.46. The highest BCUT2D eigenvalue weighted by molar-refractivity contribution is 5.95. The molecule has 2 aromatic rings. The molecule has 8 unspecified atom stereocenters. The van der Waals surface area contributed by atoms with Crippen molar-refractivity contribution in [2.24, 2.45) is 5.92 Å². The maximum atomic E-state index is 17.1. The van der Waals surface area contributed by atoms with Gasteiger partial charge in [-0.3, -0.25) is 14.5 Å². The quantitative estimate of drug-likeness (QED) is 0.222. The maximum absolute atomic E-state index is 17.1. The summed E-state index contributed by atoms with van der Waals surface area (Å²) in [4.78, 5) is 51.4. The Kier molecular flexibility index (Phi) is 11.4. The highest BCUT2D eigenvalue weighted by atomic mass is 19.2. The van der Waals surface area contributed by atoms with Crippen molar-refractivity contribution in [3.05, 3.63) is 71.1 Å². The zero-order valence-electron chi connectivity index (χ0n) is 27.5. The lowest BCUT2D eigenvalue weighted by molar-refractivity contribution is -0.189. The fourth-order valence-corrected chi connectivity index (χ4v) is 7.50. The molecule has 49 heavy (non-hydrogen) atoms. The van der Waals surface area contributed by atoms with Gasteiger partial charge in [-0.25, -0.2) is 41.6 Å². The predicted molar refractivity (Wildman–Crippen MR) is 166 cm³/mol. The standard InChI is InChI=1S/C34H40F5N5O5/c1-19(45)31(43-13-5-4-8-25(43)44-14-6-7-24(36)34(44,39)21-9-11-22(35)12-10-21)42-32(46)28-26(20-15-40-18-41-16-20)27(33(47)49-3)23(17-48-2)29(37)30(28)38/h9-12,15-16,18,24-26,28-31H,4-8,13-14,17H2,1-3H3,(H,42,46). The molecule has 10 nitrogen and oxygen atoms in total. The summed E-state index contributed by atoms with van der Waals surface area (Å²) < 4.78 is 88.6. The van der Waals surface area contributed by atoms with Crippen LogP contribution in [0.15, 0.2) is 54.1 Å². The number of benzene rings is 1. The first-order valence-corrected chi connectivity index (χ1v) is 16.2. The van der Waals surface area contributed by atoms with Crippen molar-refractivity contribution in [3.8, 4) is 0 Å². The number of carbonyl (C=O) groups is 3. The highest BCUT2D eigenvalue weighted by Gasteiger charge is 2.55. The molecular weight excluding hydrogens is 653 g/mol. The number of methoxy groups -OCH3 is 2. The molecule has 2 saturated heterocycles. The lowest BCUT2D eigenvalue weighted by Crippen LogP contribution is -2.67. The van der Waals surface area contributed by atoms with Gasteiger partial charge in [0.05, 0.1) is 31.4 Å². The third-order valence-electron chi connectivity index (χ3n) is 9.72. The minimum absolute atomic E-state index is 0.0837. The molecule has 1 N–H and O–H groups in total. The second kappa shape index (κ2) is 15.4. The summed E-state index contributed by atoms with van der Waals surface area (Å²) in [5, 5.41) is 2.58. The van der Waals surface area contributed by atoms with E-state index in [1.807, 2.05) is 0 Å². The number of alkyl halides is 4. The van der Waals surface area contributed by atoms with E-state index >= 15 is 17.6 Å². The fraction of sp³-hybridized carbons (Fsp3) is 0.559. The number of amides is 1. The van der Waals surface area contributed by atoms with Crippen LogP contribution in [0.5, 0.6) is 0 Å². The van der Waals surface area contributed by atoms with Crippen LogP contribution < -0.4 is 5.32 Å². The van der Waals surface area contributed by atoms with Crippen LogP contribution in [0, 0.1) is 11.7 Å². The lowest BCUT2D eigenvalue weighted by Gasteiger charge is -2.53. The number of aromatic nitrogens is 2. The van der Waals surface area contributed by atoms with Crippen LogP contribution in [0.4, 0.5) is 22.0 Å². The van der Waals surface area contributed by atoms with Gasteiger partial charge in [-0.15, -0.1) is 0 Å². The van der Waals surface area contributed by atoms with Gasteiger partial charge in [0.1, 0.15) is 24.5 Å². The zero-order valence-corrected chi connectivity index (χ0v) is 27.5. The van der Waals surface area contributed by atoms with E-state index in [4.69, 9.17) is 9.47 Å². The number of ether oxygens (including phenoxy) is 2. The van der Waals surface area contributed by atoms with E-state index in [0.717, 1.165) is 19.2 Å². The zero-order chi connectivity index (χ0) is 35.5. The van der Waals surface area contributed by atoms with Crippen LogP contribution in [0.3, 0.4) is 0 Å². The van der Waals surface area contributed by atoms with Crippen LogP contribution in [0.1, 0.15) is 56.1 Å². The number of carbonyl (C=O) groups excluding carboxylic acids is 3. The largest absolute Gasteiger partial charge is 0.466 e. The molecule has 266 valence electrons. The minimum Gasteiger partial charge on any atom is -0.466 e. The number of piperidine rings is 2. The summed E-state index contributed by atoms with van der Waals surface area (Å²) in [6, 6.07) is 4.47. The normalized spacial score (nSPS) is 30.4. The van der Waals surface area contributed by atoms with E-state index in [2.05, 4.69) is 15.3 Å². The average Bonchev–Trinajstić information content (AvgIpc) is 3.10. The maximum Gasteiger partial charge on any atom is 0.334 e. The molecule has 0 saturated carbocycles. The molecule has 1 aromatic carbocycles. The Hall–Kier alpha value is -3.82. The Morgan fingerprint density at radius 1 is 1.02 bits per heavy atom. The van der Waals surface area contributed by atoms with E-state index in [1.165, 1.54) is 54.7 Å². The number of nitrogens with one attached hydrogen (secondary N) is 1. The number of nitrogens with zero attached hydrogens (tertiary/aromatic N) is 4. The summed E-state index contributed by atoms with van der Waals surface area (Å²) in [6.45, 7) is 0.996. The van der Waals surface area contributed by atoms with Gasteiger partial charge < -0.3 is 14.8 Å². The molecule has 3 aliphatic rings. The lowest BCUT2D eigenvalue weighted by atomic mass is 9.70. The third kappa shape index (κ3) is 6.97. The molecule has 5 rings (SSSR count). The van der Waals surface area contributed by atoms with Crippen molar-refractivity contribution in [3.63, 3.8) is 0 Å². The van der Waals surface area contributed by atoms with Gasteiger partial charge in [-0.05, 0) is 56.7 Å². The van der Waals surface area contributed by atoms with Crippen LogP contribution >= 0.6 is 0 Å². The number of likely N-dealkylation sites (tertiary alicyclic amines) is 2. The SMILES string of the molecule is COCC1=C(C(=O)OC)C(c2cncnc2)C(C(=O)NC(C(C)=O)N2CCCCC2N2CCCC(F)C2(F)c2ccc(F)cc2)C(F)C1F. The first kappa shape index (κ1) is 36.5. The van der Waals surface area contributed by atoms with Gasteiger partial charge in [0.25, 0.3) is 0 Å². The van der Waals surface area contributed by atoms with Gasteiger partial charge in [0.2, 0.25) is 11.7 Å². The Balaban J connectivity index is 1.53. The smallest absolute Gasteiger partial charge is 0.334 e. The molecule has 1 amide bonds. The van der Waals surface area contributed by atoms with Crippen molar-refractivity contribution >= 4 is 17.7 Å². The number of esters is 1. The second-order valence-electron chi connectivity index (χ2n) is 12.6. The molecule has 8 atom stereocenters. The molecule has 0 radical (unpaired) electrons. The molecule has 1 aliphatic carbocycles. The number of halogens is 5. The van der Waals surface area contributed by atoms with Crippen molar-refractivity contribution in [1.29, 1.82) is 0 Å². The molecule has 0 spiro atoms. The van der Waals surface area contributed by atoms with Crippen molar-refractivity contribution in [2.45, 2.75) is 81.6 Å². The number of rotatable bonds is 10. The summed E-state index contributed by atoms with van der Waals surface area (Å²) in [6.07, 6.45) is -3.93. The first-order valence-electron chi connectivity index (χ1n) is 16.2. The summed E-state index contributed by atoms with van der Waals surface area (Å²) in [5.74, 6) is -9.33. The van der Waals surface area contributed by atoms with Gasteiger partial charge in [0.15, 0.2) is 18.1 Å². The van der Waals surface area contributed by atoms with Crippen molar-refractivity contribution in [1.82, 2.24) is 25.1 Å². The summed E-state index contributed by atoms with van der Waals surface area (Å²) >= 11 is 0. The number of hydrogen-bond acceptors (Lipinski definition) is 9. The van der Waals surface area contributed by atoms with E-state index in [-0.39, 0.29) is 41.8 Å². The number of ketones is 1. The Labute approximate surface area is 281 Å². The molecule has 2 fully saturated rings. The molecule has 0 bridgehead atoms. The molecule has 1 aromatic heterocycles. The second-order valence-corrected chi connectivity index (χ2v) is 12.6. The minimum atomic E-state index is -2.68. The summed E-state index contributed by atoms with van der Waals surface area (Å²) in [5.41, 5.74) is -0.650. The number of hydrogen-bond donors (Lipinski definition) is 1. The third-order valence-corrected chi connectivity index (χ3v) is 9.72. The van der Waals surface area contributed by atoms with Gasteiger partial charge >= 0.3 is 5.97 Å². The van der Waals surface area contributed by atoms with Gasteiger partial charge in [0, 0.05) is 49.6 Å². The Morgan fingerprint density at radius 2 is 1.71 bits per heavy atom. The van der Waals surface area contributed by atoms with E-state index in [1.54, 1.807) is 0 Å². The monoisotopic (exact) mass is 693 g/mol. The van der Waals surface area contributed by atoms with Crippen LogP contribution in [-0.4, -0.2) is 102 Å². The van der Waals surface area contributed by atoms with Gasteiger partial charge in [-0.1, -0.05) is 12.1 Å². The van der Waals surface area contributed by atoms with Gasteiger partial charge in [-0.2, -0.15) is 0 Å². The average molecular weight is 694 g/mol. The fourth-order valence-electron chi connectivity index (χ4n) is 7.50. The summed E-state index contributed by atoms with van der Waals surface area (Å²) in [7, 11) is 2.30. The van der Waals surface area contributed by atoms with Crippen molar-refractivity contribution in [2.75, 3.05) is 33.9 Å². The number of Topliss-reactive ketones (excluding diaryl/α,β-unsaturated/α-hetero) is 1. The molecule has 15 heteroatoms. The topological polar surface area (TPSA) is 114 Å². The van der Waals surface area contributed by atoms with Crippen LogP contribution in [0.25, 0.3) is 0 Å². The Morgan fingerprint density at radius 3 is 2.35 bits per heavy atom. The predicted octanol–water partition coefficient (Wildman–Crippen LogP) is 4.22. The van der Waals surface area contributed by atoms with E-state index in [9.17, 15) is 18.8 Å². The van der Waals surface area contributed by atoms with E-state index < -0.39 is 78.6 Å². The van der Waals surface area contributed by atoms with E-state index in [0.29, 0.717) is 25.7 Å². The Bertz CT molecular complexity index is 1530. The first-order chi connectivity index (χ1) is 23.4. The molecular formula is C34H40F5N5O5. The van der Waals surface area contributed by atoms with Crippen LogP contribution in [0.2, 0.25) is 0 Å². The molecule has 2 aliphatic heterocycles. The van der Waals surface area contributed by atoms with Crippen LogP contribution in [-0.2, 0) is 29.7 Å². The van der Waals surface area contributed by atoms with Crippen molar-refractivity contribution < 1.29 is 45.8 Å².